The van der Waals surface area contributed by atoms with Gasteiger partial charge < -0.3 is 10.2 Å². The lowest BCUT2D eigenvalue weighted by atomic mass is 10.2. The summed E-state index contributed by atoms with van der Waals surface area (Å²) in [5.74, 6) is -0.122. The van der Waals surface area contributed by atoms with Crippen LogP contribution in [0.2, 0.25) is 0 Å². The first kappa shape index (κ1) is 16.2. The molecule has 3 rings (SSSR count). The van der Waals surface area contributed by atoms with Gasteiger partial charge in [0.15, 0.2) is 5.13 Å². The molecule has 0 unspecified atom stereocenters. The summed E-state index contributed by atoms with van der Waals surface area (Å²) in [6.45, 7) is 3.87. The maximum atomic E-state index is 12.6. The third-order valence-corrected chi connectivity index (χ3v) is 4.93. The van der Waals surface area contributed by atoms with Crippen LogP contribution >= 0.6 is 11.3 Å². The number of benzene rings is 2. The van der Waals surface area contributed by atoms with Crippen LogP contribution in [-0.4, -0.2) is 17.9 Å². The molecule has 0 atom stereocenters. The maximum absolute atomic E-state index is 12.6. The van der Waals surface area contributed by atoms with Crippen LogP contribution in [0.3, 0.4) is 0 Å². The highest BCUT2D eigenvalue weighted by atomic mass is 32.1. The smallest absolute Gasteiger partial charge is 0.267 e. The van der Waals surface area contributed by atoms with E-state index in [-0.39, 0.29) is 5.91 Å². The Hall–Kier alpha value is -2.66. The lowest BCUT2D eigenvalue weighted by Gasteiger charge is -2.15. The first-order valence-electron chi connectivity index (χ1n) is 7.69. The average molecular weight is 337 g/mol. The van der Waals surface area contributed by atoms with Gasteiger partial charge in [-0.05, 0) is 43.7 Å². The maximum Gasteiger partial charge on any atom is 0.267 e. The van der Waals surface area contributed by atoms with E-state index in [0.29, 0.717) is 4.88 Å². The average Bonchev–Trinajstić information content (AvgIpc) is 2.97. The highest BCUT2D eigenvalue weighted by Crippen LogP contribution is 2.30. The van der Waals surface area contributed by atoms with Crippen LogP contribution in [0, 0.1) is 13.8 Å². The number of aromatic nitrogens is 1. The Labute approximate surface area is 145 Å². The molecule has 0 fully saturated rings. The van der Waals surface area contributed by atoms with Gasteiger partial charge in [0.2, 0.25) is 0 Å². The normalized spacial score (nSPS) is 10.5. The Morgan fingerprint density at radius 1 is 1.08 bits per heavy atom. The molecule has 1 aromatic heterocycles. The molecule has 0 aliphatic heterocycles. The summed E-state index contributed by atoms with van der Waals surface area (Å²) in [7, 11) is 1.95. The summed E-state index contributed by atoms with van der Waals surface area (Å²) < 4.78 is 0. The van der Waals surface area contributed by atoms with Crippen molar-refractivity contribution in [2.75, 3.05) is 17.3 Å². The number of thiazole rings is 1. The van der Waals surface area contributed by atoms with Crippen LogP contribution in [0.25, 0.3) is 0 Å². The molecule has 2 aromatic carbocycles. The van der Waals surface area contributed by atoms with Crippen LogP contribution in [0.5, 0.6) is 0 Å². The van der Waals surface area contributed by atoms with Gasteiger partial charge in [-0.1, -0.05) is 41.7 Å². The zero-order valence-corrected chi connectivity index (χ0v) is 14.7. The van der Waals surface area contributed by atoms with E-state index in [0.717, 1.165) is 27.8 Å². The van der Waals surface area contributed by atoms with Crippen molar-refractivity contribution in [3.05, 3.63) is 70.7 Å². The van der Waals surface area contributed by atoms with Gasteiger partial charge in [0, 0.05) is 18.4 Å². The van der Waals surface area contributed by atoms with Crippen molar-refractivity contribution >= 4 is 33.8 Å². The highest BCUT2D eigenvalue weighted by molar-refractivity contribution is 7.17. The monoisotopic (exact) mass is 337 g/mol. The summed E-state index contributed by atoms with van der Waals surface area (Å²) in [5, 5.41) is 3.74. The number of anilines is 3. The molecule has 122 valence electrons. The van der Waals surface area contributed by atoms with E-state index in [1.54, 1.807) is 0 Å². The Balaban J connectivity index is 1.82. The Morgan fingerprint density at radius 2 is 1.83 bits per heavy atom. The van der Waals surface area contributed by atoms with Crippen molar-refractivity contribution in [1.29, 1.82) is 0 Å². The molecule has 0 spiro atoms. The van der Waals surface area contributed by atoms with Crippen molar-refractivity contribution in [1.82, 2.24) is 4.98 Å². The van der Waals surface area contributed by atoms with Gasteiger partial charge in [-0.25, -0.2) is 4.98 Å². The predicted octanol–water partition coefficient (Wildman–Crippen LogP) is 4.78. The van der Waals surface area contributed by atoms with E-state index in [1.165, 1.54) is 11.3 Å². The van der Waals surface area contributed by atoms with E-state index in [2.05, 4.69) is 10.3 Å². The van der Waals surface area contributed by atoms with Crippen LogP contribution in [0.4, 0.5) is 16.5 Å². The number of hydrogen-bond acceptors (Lipinski definition) is 4. The van der Waals surface area contributed by atoms with Crippen LogP contribution in [0.1, 0.15) is 20.9 Å². The minimum atomic E-state index is -0.122. The minimum absolute atomic E-state index is 0.122. The second-order valence-electron chi connectivity index (χ2n) is 5.63. The van der Waals surface area contributed by atoms with Crippen molar-refractivity contribution in [2.45, 2.75) is 13.8 Å². The fourth-order valence-electron chi connectivity index (χ4n) is 2.41. The lowest BCUT2D eigenvalue weighted by molar-refractivity contribution is 0.103. The largest absolute Gasteiger partial charge is 0.321 e. The molecule has 0 aliphatic carbocycles. The van der Waals surface area contributed by atoms with E-state index in [1.807, 2.05) is 80.4 Å². The van der Waals surface area contributed by atoms with Gasteiger partial charge in [0.05, 0.1) is 5.69 Å². The molecular weight excluding hydrogens is 318 g/mol. The molecule has 24 heavy (non-hydrogen) atoms. The van der Waals surface area contributed by atoms with Crippen LogP contribution in [-0.2, 0) is 0 Å². The highest BCUT2D eigenvalue weighted by Gasteiger charge is 2.18. The molecular formula is C19H19N3OS. The molecule has 0 bridgehead atoms. The number of para-hydroxylation sites is 1. The van der Waals surface area contributed by atoms with Gasteiger partial charge in [0.25, 0.3) is 5.91 Å². The first-order chi connectivity index (χ1) is 11.5. The lowest BCUT2D eigenvalue weighted by Crippen LogP contribution is -2.11. The number of carbonyl (C=O) groups is 1. The number of nitrogens with zero attached hydrogens (tertiary/aromatic N) is 2. The van der Waals surface area contributed by atoms with E-state index >= 15 is 0 Å². The zero-order valence-electron chi connectivity index (χ0n) is 13.9. The van der Waals surface area contributed by atoms with E-state index in [4.69, 9.17) is 0 Å². The zero-order chi connectivity index (χ0) is 17.1. The van der Waals surface area contributed by atoms with Crippen molar-refractivity contribution < 1.29 is 4.79 Å². The summed E-state index contributed by atoms with van der Waals surface area (Å²) in [4.78, 5) is 19.7. The van der Waals surface area contributed by atoms with Gasteiger partial charge in [-0.15, -0.1) is 0 Å². The van der Waals surface area contributed by atoms with E-state index < -0.39 is 0 Å². The van der Waals surface area contributed by atoms with Crippen molar-refractivity contribution in [3.8, 4) is 0 Å². The Kier molecular flexibility index (Phi) is 4.62. The molecule has 5 heteroatoms. The Bertz CT molecular complexity index is 858. The minimum Gasteiger partial charge on any atom is -0.321 e. The first-order valence-corrected chi connectivity index (χ1v) is 8.50. The van der Waals surface area contributed by atoms with Crippen molar-refractivity contribution in [3.63, 3.8) is 0 Å². The van der Waals surface area contributed by atoms with Gasteiger partial charge in [0.1, 0.15) is 4.88 Å². The van der Waals surface area contributed by atoms with Gasteiger partial charge in [-0.3, -0.25) is 4.79 Å². The van der Waals surface area contributed by atoms with Crippen molar-refractivity contribution in [2.24, 2.45) is 0 Å². The standard InChI is InChI=1S/C19H19N3OS/c1-13-8-7-9-15(12-13)21-18(23)17-14(2)20-19(24-17)22(3)16-10-5-4-6-11-16/h4-12H,1-3H3,(H,21,23). The van der Waals surface area contributed by atoms with Gasteiger partial charge in [-0.2, -0.15) is 0 Å². The molecule has 1 heterocycles. The topological polar surface area (TPSA) is 45.2 Å². The second kappa shape index (κ2) is 6.84. The third kappa shape index (κ3) is 3.46. The molecule has 0 saturated carbocycles. The molecule has 3 aromatic rings. The van der Waals surface area contributed by atoms with Crippen LogP contribution in [0.15, 0.2) is 54.6 Å². The van der Waals surface area contributed by atoms with Gasteiger partial charge >= 0.3 is 0 Å². The number of amides is 1. The number of nitrogens with one attached hydrogen (secondary N) is 1. The quantitative estimate of drug-likeness (QED) is 0.745. The van der Waals surface area contributed by atoms with Crippen LogP contribution < -0.4 is 10.2 Å². The molecule has 0 radical (unpaired) electrons. The molecule has 0 aliphatic rings. The predicted molar refractivity (Wildman–Crippen MR) is 100 cm³/mol. The van der Waals surface area contributed by atoms with E-state index in [9.17, 15) is 4.79 Å². The molecule has 4 nitrogen and oxygen atoms in total. The molecule has 1 N–H and O–H groups in total. The summed E-state index contributed by atoms with van der Waals surface area (Å²) in [6, 6.07) is 17.7. The summed E-state index contributed by atoms with van der Waals surface area (Å²) in [6.07, 6.45) is 0. The number of rotatable bonds is 4. The number of hydrogen-bond donors (Lipinski definition) is 1. The number of aryl methyl sites for hydroxylation is 2. The fourth-order valence-corrected chi connectivity index (χ4v) is 3.35. The summed E-state index contributed by atoms with van der Waals surface area (Å²) in [5.41, 5.74) is 3.68. The molecule has 0 saturated heterocycles. The molecule has 1 amide bonds. The Morgan fingerprint density at radius 3 is 2.54 bits per heavy atom. The fraction of sp³-hybridized carbons (Fsp3) is 0.158. The third-order valence-electron chi connectivity index (χ3n) is 3.70. The SMILES string of the molecule is Cc1cccc(NC(=O)c2sc(N(C)c3ccccc3)nc2C)c1. The second-order valence-corrected chi connectivity index (χ2v) is 6.61. The number of carbonyl (C=O) groups excluding carboxylic acids is 1. The summed E-state index contributed by atoms with van der Waals surface area (Å²) >= 11 is 1.40.